The minimum absolute atomic E-state index is 0.0366. The van der Waals surface area contributed by atoms with Gasteiger partial charge >= 0.3 is 0 Å². The summed E-state index contributed by atoms with van der Waals surface area (Å²) in [6.45, 7) is 3.06. The lowest BCUT2D eigenvalue weighted by molar-refractivity contribution is -0.134. The minimum atomic E-state index is -0.473. The Labute approximate surface area is 167 Å². The van der Waals surface area contributed by atoms with Gasteiger partial charge in [0.15, 0.2) is 0 Å². The van der Waals surface area contributed by atoms with Gasteiger partial charge in [0.2, 0.25) is 5.91 Å². The van der Waals surface area contributed by atoms with Gasteiger partial charge in [0.1, 0.15) is 0 Å². The van der Waals surface area contributed by atoms with Crippen molar-refractivity contribution in [2.75, 3.05) is 26.7 Å². The molecule has 0 spiro atoms. The summed E-state index contributed by atoms with van der Waals surface area (Å²) < 4.78 is 0. The Kier molecular flexibility index (Phi) is 7.08. The van der Waals surface area contributed by atoms with Gasteiger partial charge < -0.3 is 20.6 Å². The smallest absolute Gasteiger partial charge is 0.251 e. The second-order valence-electron chi connectivity index (χ2n) is 8.15. The molecule has 2 aliphatic rings. The average molecular weight is 388 g/mol. The molecule has 154 valence electrons. The lowest BCUT2D eigenvalue weighted by atomic mass is 9.76. The zero-order valence-corrected chi connectivity index (χ0v) is 17.0. The zero-order chi connectivity index (χ0) is 20.1. The number of fused-ring (bicyclic) bond motifs is 1. The van der Waals surface area contributed by atoms with Gasteiger partial charge in [-0.3, -0.25) is 9.59 Å². The third-order valence-corrected chi connectivity index (χ3v) is 6.04. The second kappa shape index (κ2) is 9.52. The molecule has 1 aliphatic carbocycles. The highest BCUT2D eigenvalue weighted by atomic mass is 16.3. The van der Waals surface area contributed by atoms with Crippen molar-refractivity contribution >= 4 is 11.8 Å². The van der Waals surface area contributed by atoms with Crippen LogP contribution in [0.4, 0.5) is 0 Å². The van der Waals surface area contributed by atoms with Crippen LogP contribution in [0.3, 0.4) is 0 Å². The third-order valence-electron chi connectivity index (χ3n) is 6.04. The van der Waals surface area contributed by atoms with E-state index >= 15 is 0 Å². The SMILES string of the molecule is CNC(=O)c1ccc2c(c1)C(C1CCCCC1)N(C(=O)CNC[C@@H](C)O)CC2. The highest BCUT2D eigenvalue weighted by Gasteiger charge is 2.37. The average Bonchev–Trinajstić information content (AvgIpc) is 2.72. The first-order valence-electron chi connectivity index (χ1n) is 10.5. The van der Waals surface area contributed by atoms with E-state index < -0.39 is 6.10 Å². The molecule has 0 saturated heterocycles. The Balaban J connectivity index is 1.88. The fourth-order valence-electron chi connectivity index (χ4n) is 4.66. The molecule has 1 heterocycles. The summed E-state index contributed by atoms with van der Waals surface area (Å²) in [4.78, 5) is 27.2. The molecule has 3 N–H and O–H groups in total. The monoisotopic (exact) mass is 387 g/mol. The van der Waals surface area contributed by atoms with Crippen LogP contribution in [-0.2, 0) is 11.2 Å². The number of rotatable bonds is 6. The maximum absolute atomic E-state index is 13.0. The van der Waals surface area contributed by atoms with Crippen molar-refractivity contribution in [2.24, 2.45) is 5.92 Å². The van der Waals surface area contributed by atoms with Crippen LogP contribution >= 0.6 is 0 Å². The number of carbonyl (C=O) groups is 2. The van der Waals surface area contributed by atoms with Gasteiger partial charge in [-0.05, 0) is 55.4 Å². The highest BCUT2D eigenvalue weighted by molar-refractivity contribution is 5.94. The summed E-state index contributed by atoms with van der Waals surface area (Å²) in [6, 6.07) is 5.98. The Morgan fingerprint density at radius 3 is 2.68 bits per heavy atom. The van der Waals surface area contributed by atoms with E-state index in [1.807, 2.05) is 17.0 Å². The van der Waals surface area contributed by atoms with E-state index in [0.29, 0.717) is 24.6 Å². The number of carbonyl (C=O) groups excluding carboxylic acids is 2. The standard InChI is InChI=1S/C22H33N3O3/c1-15(26)13-24-14-20(27)25-11-10-16-8-9-18(22(28)23-2)12-19(16)21(25)17-6-4-3-5-7-17/h8-9,12,15,17,21,24,26H,3-7,10-11,13-14H2,1-2H3,(H,23,28)/t15-,21?/m1/s1. The molecule has 1 fully saturated rings. The minimum Gasteiger partial charge on any atom is -0.392 e. The summed E-state index contributed by atoms with van der Waals surface area (Å²) in [5.41, 5.74) is 3.05. The Bertz CT molecular complexity index is 698. The molecule has 6 heteroatoms. The van der Waals surface area contributed by atoms with Crippen molar-refractivity contribution in [1.29, 1.82) is 0 Å². The van der Waals surface area contributed by atoms with Crippen LogP contribution in [0, 0.1) is 5.92 Å². The molecule has 1 aromatic rings. The number of hydrogen-bond acceptors (Lipinski definition) is 4. The van der Waals surface area contributed by atoms with Crippen molar-refractivity contribution < 1.29 is 14.7 Å². The van der Waals surface area contributed by atoms with Gasteiger partial charge in [0.05, 0.1) is 18.7 Å². The van der Waals surface area contributed by atoms with Crippen LogP contribution in [-0.4, -0.2) is 54.6 Å². The van der Waals surface area contributed by atoms with Crippen molar-refractivity contribution in [3.05, 3.63) is 34.9 Å². The van der Waals surface area contributed by atoms with Crippen LogP contribution in [0.25, 0.3) is 0 Å². The molecule has 6 nitrogen and oxygen atoms in total. The highest BCUT2D eigenvalue weighted by Crippen LogP contribution is 2.42. The molecular formula is C22H33N3O3. The van der Waals surface area contributed by atoms with E-state index in [0.717, 1.165) is 24.8 Å². The van der Waals surface area contributed by atoms with E-state index in [4.69, 9.17) is 0 Å². The summed E-state index contributed by atoms with van der Waals surface area (Å²) in [5.74, 6) is 0.424. The first-order valence-corrected chi connectivity index (χ1v) is 10.5. The fraction of sp³-hybridized carbons (Fsp3) is 0.636. The normalized spacial score (nSPS) is 21.1. The number of hydrogen-bond donors (Lipinski definition) is 3. The molecule has 2 amide bonds. The Morgan fingerprint density at radius 2 is 2.00 bits per heavy atom. The molecule has 1 aromatic carbocycles. The van der Waals surface area contributed by atoms with Crippen LogP contribution in [0.15, 0.2) is 18.2 Å². The molecule has 28 heavy (non-hydrogen) atoms. The predicted octanol–water partition coefficient (Wildman–Crippen LogP) is 2.02. The summed E-state index contributed by atoms with van der Waals surface area (Å²) in [5, 5.41) is 15.2. The molecule has 1 unspecified atom stereocenters. The summed E-state index contributed by atoms with van der Waals surface area (Å²) >= 11 is 0. The van der Waals surface area contributed by atoms with E-state index in [1.54, 1.807) is 14.0 Å². The van der Waals surface area contributed by atoms with E-state index in [9.17, 15) is 14.7 Å². The van der Waals surface area contributed by atoms with Gasteiger partial charge in [0, 0.05) is 25.7 Å². The van der Waals surface area contributed by atoms with Gasteiger partial charge in [-0.2, -0.15) is 0 Å². The molecule has 0 bridgehead atoms. The van der Waals surface area contributed by atoms with Gasteiger partial charge in [-0.25, -0.2) is 0 Å². The molecule has 0 aromatic heterocycles. The third kappa shape index (κ3) is 4.73. The van der Waals surface area contributed by atoms with Gasteiger partial charge in [-0.15, -0.1) is 0 Å². The van der Waals surface area contributed by atoms with Crippen molar-refractivity contribution in [2.45, 2.75) is 57.6 Å². The first-order chi connectivity index (χ1) is 13.5. The fourth-order valence-corrected chi connectivity index (χ4v) is 4.66. The first kappa shape index (κ1) is 20.8. The van der Waals surface area contributed by atoms with E-state index in [-0.39, 0.29) is 24.4 Å². The Morgan fingerprint density at radius 1 is 1.25 bits per heavy atom. The zero-order valence-electron chi connectivity index (χ0n) is 17.0. The summed E-state index contributed by atoms with van der Waals surface area (Å²) in [7, 11) is 1.64. The van der Waals surface area contributed by atoms with Gasteiger partial charge in [0.25, 0.3) is 5.91 Å². The number of amides is 2. The molecule has 1 saturated carbocycles. The lowest BCUT2D eigenvalue weighted by Crippen LogP contribution is -2.47. The molecule has 3 rings (SSSR count). The molecule has 2 atom stereocenters. The van der Waals surface area contributed by atoms with Crippen molar-refractivity contribution in [3.63, 3.8) is 0 Å². The topological polar surface area (TPSA) is 81.7 Å². The number of aliphatic hydroxyl groups excluding tert-OH is 1. The van der Waals surface area contributed by atoms with Crippen LogP contribution in [0.1, 0.15) is 66.6 Å². The predicted molar refractivity (Wildman–Crippen MR) is 109 cm³/mol. The quantitative estimate of drug-likeness (QED) is 0.698. The maximum Gasteiger partial charge on any atom is 0.251 e. The number of nitrogens with zero attached hydrogens (tertiary/aromatic N) is 1. The number of nitrogens with one attached hydrogen (secondary N) is 2. The number of benzene rings is 1. The molecular weight excluding hydrogens is 354 g/mol. The van der Waals surface area contributed by atoms with E-state index in [1.165, 1.54) is 24.8 Å². The summed E-state index contributed by atoms with van der Waals surface area (Å²) in [6.07, 6.45) is 6.26. The van der Waals surface area contributed by atoms with Crippen molar-refractivity contribution in [1.82, 2.24) is 15.5 Å². The molecule has 1 aliphatic heterocycles. The largest absolute Gasteiger partial charge is 0.392 e. The second-order valence-corrected chi connectivity index (χ2v) is 8.15. The van der Waals surface area contributed by atoms with Gasteiger partial charge in [-0.1, -0.05) is 25.3 Å². The van der Waals surface area contributed by atoms with Crippen molar-refractivity contribution in [3.8, 4) is 0 Å². The van der Waals surface area contributed by atoms with Crippen LogP contribution in [0.2, 0.25) is 0 Å². The maximum atomic E-state index is 13.0. The van der Waals surface area contributed by atoms with Crippen LogP contribution in [0.5, 0.6) is 0 Å². The Hall–Kier alpha value is -1.92. The number of aliphatic hydroxyl groups is 1. The lowest BCUT2D eigenvalue weighted by Gasteiger charge is -2.43. The van der Waals surface area contributed by atoms with E-state index in [2.05, 4.69) is 16.7 Å². The molecule has 0 radical (unpaired) electrons. The van der Waals surface area contributed by atoms with Crippen LogP contribution < -0.4 is 10.6 Å².